The second-order valence-corrected chi connectivity index (χ2v) is 4.61. The first-order chi connectivity index (χ1) is 6.83. The van der Waals surface area contributed by atoms with Crippen LogP contribution < -0.4 is 0 Å². The standard InChI is InChI=1S/C8H10BrN3OS/c9-3-4-12(6-1-2-6)8(13)7-5-14-11-10-7/h5-6H,1-4H2. The van der Waals surface area contributed by atoms with Gasteiger partial charge in [-0.15, -0.1) is 5.10 Å². The molecule has 1 amide bonds. The lowest BCUT2D eigenvalue weighted by Crippen LogP contribution is -2.34. The second-order valence-electron chi connectivity index (χ2n) is 3.21. The summed E-state index contributed by atoms with van der Waals surface area (Å²) in [7, 11) is 0. The first-order valence-electron chi connectivity index (χ1n) is 4.47. The highest BCUT2D eigenvalue weighted by Crippen LogP contribution is 2.27. The Kier molecular flexibility index (Phi) is 3.12. The lowest BCUT2D eigenvalue weighted by Gasteiger charge is -2.19. The molecule has 1 aromatic rings. The van der Waals surface area contributed by atoms with E-state index in [1.54, 1.807) is 5.38 Å². The molecule has 0 aromatic carbocycles. The van der Waals surface area contributed by atoms with E-state index in [9.17, 15) is 4.79 Å². The second kappa shape index (κ2) is 4.35. The summed E-state index contributed by atoms with van der Waals surface area (Å²) in [6.45, 7) is 0.751. The Labute approximate surface area is 94.6 Å². The van der Waals surface area contributed by atoms with Crippen LogP contribution in [-0.2, 0) is 0 Å². The molecule has 1 aliphatic carbocycles. The third-order valence-corrected chi connectivity index (χ3v) is 3.01. The molecule has 76 valence electrons. The summed E-state index contributed by atoms with van der Waals surface area (Å²) >= 11 is 4.57. The molecule has 0 atom stereocenters. The summed E-state index contributed by atoms with van der Waals surface area (Å²) in [5.74, 6) is 0.0145. The Morgan fingerprint density at radius 2 is 2.50 bits per heavy atom. The molecule has 0 saturated heterocycles. The molecular weight excluding hydrogens is 266 g/mol. The SMILES string of the molecule is O=C(c1csnn1)N(CCBr)C1CC1. The van der Waals surface area contributed by atoms with Crippen LogP contribution in [0.2, 0.25) is 0 Å². The van der Waals surface area contributed by atoms with Crippen molar-refractivity contribution in [2.75, 3.05) is 11.9 Å². The summed E-state index contributed by atoms with van der Waals surface area (Å²) in [5, 5.41) is 6.30. The Hall–Kier alpha value is -0.490. The van der Waals surface area contributed by atoms with Gasteiger partial charge >= 0.3 is 0 Å². The lowest BCUT2D eigenvalue weighted by molar-refractivity contribution is 0.0749. The molecule has 1 fully saturated rings. The summed E-state index contributed by atoms with van der Waals surface area (Å²) in [6.07, 6.45) is 2.24. The number of carbonyl (C=O) groups is 1. The molecule has 2 rings (SSSR count). The van der Waals surface area contributed by atoms with Crippen molar-refractivity contribution in [2.24, 2.45) is 0 Å². The van der Waals surface area contributed by atoms with E-state index < -0.39 is 0 Å². The van der Waals surface area contributed by atoms with Crippen molar-refractivity contribution >= 4 is 33.4 Å². The van der Waals surface area contributed by atoms with E-state index >= 15 is 0 Å². The van der Waals surface area contributed by atoms with E-state index in [0.29, 0.717) is 11.7 Å². The minimum absolute atomic E-state index is 0.0145. The molecule has 0 bridgehead atoms. The van der Waals surface area contributed by atoms with Gasteiger partial charge in [0.15, 0.2) is 5.69 Å². The molecule has 14 heavy (non-hydrogen) atoms. The van der Waals surface area contributed by atoms with Crippen LogP contribution in [0.25, 0.3) is 0 Å². The fourth-order valence-corrected chi connectivity index (χ4v) is 2.14. The van der Waals surface area contributed by atoms with Gasteiger partial charge in [-0.3, -0.25) is 4.79 Å². The van der Waals surface area contributed by atoms with Crippen LogP contribution >= 0.6 is 27.5 Å². The van der Waals surface area contributed by atoms with E-state index in [-0.39, 0.29) is 5.91 Å². The molecule has 0 unspecified atom stereocenters. The number of rotatable bonds is 4. The maximum absolute atomic E-state index is 11.9. The van der Waals surface area contributed by atoms with Crippen molar-refractivity contribution in [3.05, 3.63) is 11.1 Å². The third-order valence-electron chi connectivity index (χ3n) is 2.15. The number of nitrogens with zero attached hydrogens (tertiary/aromatic N) is 3. The summed E-state index contributed by atoms with van der Waals surface area (Å²) in [4.78, 5) is 13.8. The van der Waals surface area contributed by atoms with Crippen molar-refractivity contribution in [1.82, 2.24) is 14.5 Å². The third kappa shape index (κ3) is 2.12. The topological polar surface area (TPSA) is 46.1 Å². The summed E-state index contributed by atoms with van der Waals surface area (Å²) < 4.78 is 3.70. The lowest BCUT2D eigenvalue weighted by atomic mass is 10.4. The van der Waals surface area contributed by atoms with Gasteiger partial charge in [-0.25, -0.2) is 0 Å². The van der Waals surface area contributed by atoms with Gasteiger partial charge in [0.25, 0.3) is 5.91 Å². The van der Waals surface area contributed by atoms with E-state index in [1.807, 2.05) is 4.90 Å². The number of aromatic nitrogens is 2. The van der Waals surface area contributed by atoms with Crippen molar-refractivity contribution in [3.8, 4) is 0 Å². The highest BCUT2D eigenvalue weighted by molar-refractivity contribution is 9.09. The molecule has 4 nitrogen and oxygen atoms in total. The van der Waals surface area contributed by atoms with Crippen molar-refractivity contribution in [2.45, 2.75) is 18.9 Å². The van der Waals surface area contributed by atoms with Gasteiger partial charge in [-0.1, -0.05) is 20.4 Å². The number of alkyl halides is 1. The largest absolute Gasteiger partial charge is 0.333 e. The van der Waals surface area contributed by atoms with Crippen molar-refractivity contribution in [3.63, 3.8) is 0 Å². The maximum Gasteiger partial charge on any atom is 0.275 e. The number of hydrogen-bond acceptors (Lipinski definition) is 4. The first-order valence-corrected chi connectivity index (χ1v) is 6.42. The average molecular weight is 276 g/mol. The van der Waals surface area contributed by atoms with Gasteiger partial charge in [0.05, 0.1) is 0 Å². The predicted octanol–water partition coefficient (Wildman–Crippen LogP) is 1.54. The van der Waals surface area contributed by atoms with Gasteiger partial charge in [0.2, 0.25) is 0 Å². The van der Waals surface area contributed by atoms with Crippen LogP contribution in [0.1, 0.15) is 23.3 Å². The van der Waals surface area contributed by atoms with Crippen LogP contribution in [0.5, 0.6) is 0 Å². The molecule has 1 aliphatic rings. The van der Waals surface area contributed by atoms with Gasteiger partial charge in [0, 0.05) is 23.3 Å². The molecule has 0 spiro atoms. The minimum Gasteiger partial charge on any atom is -0.333 e. The molecular formula is C8H10BrN3OS. The molecule has 0 radical (unpaired) electrons. The smallest absolute Gasteiger partial charge is 0.275 e. The average Bonchev–Trinajstić information content (AvgIpc) is 2.88. The van der Waals surface area contributed by atoms with Gasteiger partial charge in [0.1, 0.15) is 0 Å². The Morgan fingerprint density at radius 1 is 1.71 bits per heavy atom. The zero-order valence-electron chi connectivity index (χ0n) is 7.52. The number of amides is 1. The fourth-order valence-electron chi connectivity index (χ4n) is 1.33. The monoisotopic (exact) mass is 275 g/mol. The molecule has 6 heteroatoms. The molecule has 1 aromatic heterocycles. The van der Waals surface area contributed by atoms with Gasteiger partial charge in [-0.2, -0.15) is 0 Å². The fraction of sp³-hybridized carbons (Fsp3) is 0.625. The van der Waals surface area contributed by atoms with E-state index in [2.05, 4.69) is 25.5 Å². The molecule has 0 aliphatic heterocycles. The van der Waals surface area contributed by atoms with Crippen LogP contribution in [0.15, 0.2) is 5.38 Å². The van der Waals surface area contributed by atoms with E-state index in [4.69, 9.17) is 0 Å². The molecule has 1 heterocycles. The Morgan fingerprint density at radius 3 is 3.00 bits per heavy atom. The van der Waals surface area contributed by atoms with Gasteiger partial charge in [-0.05, 0) is 24.4 Å². The van der Waals surface area contributed by atoms with Crippen molar-refractivity contribution < 1.29 is 4.79 Å². The van der Waals surface area contributed by atoms with Gasteiger partial charge < -0.3 is 4.90 Å². The highest BCUT2D eigenvalue weighted by atomic mass is 79.9. The maximum atomic E-state index is 11.9. The van der Waals surface area contributed by atoms with Crippen LogP contribution in [0.3, 0.4) is 0 Å². The van der Waals surface area contributed by atoms with Crippen LogP contribution in [0.4, 0.5) is 0 Å². The number of halogens is 1. The normalized spacial score (nSPS) is 15.5. The van der Waals surface area contributed by atoms with Crippen LogP contribution in [0, 0.1) is 0 Å². The zero-order valence-corrected chi connectivity index (χ0v) is 9.92. The van der Waals surface area contributed by atoms with E-state index in [1.165, 1.54) is 11.5 Å². The predicted molar refractivity (Wildman–Crippen MR) is 57.8 cm³/mol. The number of hydrogen-bond donors (Lipinski definition) is 0. The Bertz CT molecular complexity index is 312. The quantitative estimate of drug-likeness (QED) is 0.784. The molecule has 0 N–H and O–H groups in total. The Balaban J connectivity index is 2.07. The minimum atomic E-state index is 0.0145. The zero-order chi connectivity index (χ0) is 9.97. The highest BCUT2D eigenvalue weighted by Gasteiger charge is 2.33. The van der Waals surface area contributed by atoms with Crippen LogP contribution in [-0.4, -0.2) is 38.3 Å². The van der Waals surface area contributed by atoms with E-state index in [0.717, 1.165) is 24.7 Å². The summed E-state index contributed by atoms with van der Waals surface area (Å²) in [5.41, 5.74) is 0.475. The number of carbonyl (C=O) groups excluding carboxylic acids is 1. The van der Waals surface area contributed by atoms with Crippen molar-refractivity contribution in [1.29, 1.82) is 0 Å². The summed E-state index contributed by atoms with van der Waals surface area (Å²) in [6, 6.07) is 0.432. The first kappa shape index (κ1) is 10.0. The molecule has 1 saturated carbocycles.